The van der Waals surface area contributed by atoms with E-state index in [1.54, 1.807) is 12.1 Å². The van der Waals surface area contributed by atoms with E-state index < -0.39 is 0 Å². The molecule has 1 aromatic carbocycles. The van der Waals surface area contributed by atoms with Crippen molar-refractivity contribution >= 4 is 40.6 Å². The summed E-state index contributed by atoms with van der Waals surface area (Å²) in [6.45, 7) is 0. The van der Waals surface area contributed by atoms with Gasteiger partial charge in [0.2, 0.25) is 0 Å². The van der Waals surface area contributed by atoms with E-state index in [0.29, 0.717) is 22.1 Å². The summed E-state index contributed by atoms with van der Waals surface area (Å²) in [5.74, 6) is -0.0401. The van der Waals surface area contributed by atoms with Gasteiger partial charge in [0.15, 0.2) is 0 Å². The maximum atomic E-state index is 11.9. The van der Waals surface area contributed by atoms with E-state index in [4.69, 9.17) is 28.9 Å². The first-order valence-corrected chi connectivity index (χ1v) is 5.66. The van der Waals surface area contributed by atoms with Gasteiger partial charge in [-0.3, -0.25) is 4.79 Å². The predicted molar refractivity (Wildman–Crippen MR) is 70.9 cm³/mol. The fourth-order valence-corrected chi connectivity index (χ4v) is 1.54. The molecule has 1 amide bonds. The molecule has 3 N–H and O–H groups in total. The van der Waals surface area contributed by atoms with Crippen molar-refractivity contribution in [2.45, 2.75) is 0 Å². The van der Waals surface area contributed by atoms with Crippen LogP contribution in [0, 0.1) is 0 Å². The lowest BCUT2D eigenvalue weighted by Gasteiger charge is -2.05. The number of benzene rings is 1. The fraction of sp³-hybridized carbons (Fsp3) is 0. The summed E-state index contributed by atoms with van der Waals surface area (Å²) >= 11 is 11.5. The summed E-state index contributed by atoms with van der Waals surface area (Å²) in [6.07, 6.45) is 1.26. The summed E-state index contributed by atoms with van der Waals surface area (Å²) < 4.78 is 0. The number of carbonyl (C=O) groups excluding carboxylic acids is 1. The van der Waals surface area contributed by atoms with Crippen LogP contribution in [0.15, 0.2) is 30.6 Å². The highest BCUT2D eigenvalue weighted by Gasteiger charge is 2.09. The highest BCUT2D eigenvalue weighted by Crippen LogP contribution is 2.20. The second-order valence-electron chi connectivity index (χ2n) is 3.42. The summed E-state index contributed by atoms with van der Waals surface area (Å²) in [4.78, 5) is 19.4. The number of hydrogen-bond acceptors (Lipinski definition) is 4. The average molecular weight is 283 g/mol. The maximum absolute atomic E-state index is 11.9. The van der Waals surface area contributed by atoms with Crippen LogP contribution in [-0.2, 0) is 0 Å². The van der Waals surface area contributed by atoms with E-state index in [1.165, 1.54) is 18.5 Å². The molecule has 0 fully saturated rings. The van der Waals surface area contributed by atoms with Crippen molar-refractivity contribution in [3.8, 4) is 0 Å². The van der Waals surface area contributed by atoms with E-state index in [9.17, 15) is 4.79 Å². The van der Waals surface area contributed by atoms with Crippen molar-refractivity contribution in [2.24, 2.45) is 0 Å². The number of amides is 1. The molecular formula is C11H8Cl2N4O. The third-order valence-electron chi connectivity index (χ3n) is 2.13. The van der Waals surface area contributed by atoms with E-state index in [1.807, 2.05) is 0 Å². The van der Waals surface area contributed by atoms with E-state index >= 15 is 0 Å². The van der Waals surface area contributed by atoms with Crippen molar-refractivity contribution in [3.05, 3.63) is 46.3 Å². The third kappa shape index (κ3) is 2.88. The Morgan fingerprint density at radius 3 is 2.67 bits per heavy atom. The molecule has 0 unspecified atom stereocenters. The van der Waals surface area contributed by atoms with Gasteiger partial charge in [0.05, 0.1) is 10.7 Å². The van der Waals surface area contributed by atoms with Crippen molar-refractivity contribution in [1.82, 2.24) is 9.97 Å². The molecule has 5 nitrogen and oxygen atoms in total. The Labute approximate surface area is 113 Å². The first kappa shape index (κ1) is 12.6. The molecule has 0 radical (unpaired) electrons. The van der Waals surface area contributed by atoms with Gasteiger partial charge in [0.1, 0.15) is 17.3 Å². The Balaban J connectivity index is 2.19. The predicted octanol–water partition coefficient (Wildman–Crippen LogP) is 2.62. The van der Waals surface area contributed by atoms with Gasteiger partial charge in [-0.05, 0) is 18.2 Å². The minimum absolute atomic E-state index is 0.246. The smallest absolute Gasteiger partial charge is 0.256 e. The monoisotopic (exact) mass is 282 g/mol. The fourth-order valence-electron chi connectivity index (χ4n) is 1.28. The Kier molecular flexibility index (Phi) is 3.64. The number of nitrogens with one attached hydrogen (secondary N) is 1. The number of hydrogen-bond donors (Lipinski definition) is 2. The van der Waals surface area contributed by atoms with E-state index in [2.05, 4.69) is 15.3 Å². The topological polar surface area (TPSA) is 80.9 Å². The largest absolute Gasteiger partial charge is 0.398 e. The zero-order valence-electron chi connectivity index (χ0n) is 9.02. The molecule has 0 bridgehead atoms. The SMILES string of the molecule is Nc1cc(C(=O)Nc2cc(Cl)ncn2)ccc1Cl. The van der Waals surface area contributed by atoms with Crippen LogP contribution in [0.3, 0.4) is 0 Å². The lowest BCUT2D eigenvalue weighted by molar-refractivity contribution is 0.102. The molecule has 1 heterocycles. The number of nitrogens with zero attached hydrogens (tertiary/aromatic N) is 2. The lowest BCUT2D eigenvalue weighted by Crippen LogP contribution is -2.13. The van der Waals surface area contributed by atoms with Crippen molar-refractivity contribution in [1.29, 1.82) is 0 Å². The molecule has 7 heteroatoms. The number of nitrogen functional groups attached to an aromatic ring is 1. The first-order chi connectivity index (χ1) is 8.56. The minimum Gasteiger partial charge on any atom is -0.398 e. The molecular weight excluding hydrogens is 275 g/mol. The molecule has 0 saturated carbocycles. The molecule has 92 valence electrons. The highest BCUT2D eigenvalue weighted by atomic mass is 35.5. The summed E-state index contributed by atoms with van der Waals surface area (Å²) in [5.41, 5.74) is 6.34. The van der Waals surface area contributed by atoms with Gasteiger partial charge in [0.25, 0.3) is 5.91 Å². The number of halogens is 2. The Morgan fingerprint density at radius 1 is 1.22 bits per heavy atom. The molecule has 1 aromatic heterocycles. The third-order valence-corrected chi connectivity index (χ3v) is 2.68. The summed E-state index contributed by atoms with van der Waals surface area (Å²) in [6, 6.07) is 6.05. The van der Waals surface area contributed by atoms with Gasteiger partial charge in [-0.1, -0.05) is 23.2 Å². The molecule has 0 spiro atoms. The first-order valence-electron chi connectivity index (χ1n) is 4.90. The maximum Gasteiger partial charge on any atom is 0.256 e. The molecule has 2 aromatic rings. The zero-order chi connectivity index (χ0) is 13.1. The van der Waals surface area contributed by atoms with Gasteiger partial charge in [-0.15, -0.1) is 0 Å². The number of anilines is 2. The normalized spacial score (nSPS) is 10.1. The molecule has 0 atom stereocenters. The zero-order valence-corrected chi connectivity index (χ0v) is 10.5. The van der Waals surface area contributed by atoms with Crippen LogP contribution >= 0.6 is 23.2 Å². The van der Waals surface area contributed by atoms with Crippen molar-refractivity contribution in [2.75, 3.05) is 11.1 Å². The van der Waals surface area contributed by atoms with Gasteiger partial charge >= 0.3 is 0 Å². The molecule has 0 saturated heterocycles. The molecule has 0 aliphatic rings. The highest BCUT2D eigenvalue weighted by molar-refractivity contribution is 6.33. The summed E-state index contributed by atoms with van der Waals surface area (Å²) in [5, 5.41) is 3.22. The van der Waals surface area contributed by atoms with Crippen LogP contribution in [-0.4, -0.2) is 15.9 Å². The number of carbonyl (C=O) groups is 1. The van der Waals surface area contributed by atoms with Crippen LogP contribution in [0.25, 0.3) is 0 Å². The van der Waals surface area contributed by atoms with Crippen LogP contribution in [0.1, 0.15) is 10.4 Å². The molecule has 18 heavy (non-hydrogen) atoms. The van der Waals surface area contributed by atoms with Crippen LogP contribution in [0.4, 0.5) is 11.5 Å². The molecule has 0 aliphatic carbocycles. The van der Waals surface area contributed by atoms with Crippen LogP contribution in [0.2, 0.25) is 10.2 Å². The Hall–Kier alpha value is -1.85. The van der Waals surface area contributed by atoms with Crippen molar-refractivity contribution < 1.29 is 4.79 Å². The second kappa shape index (κ2) is 5.20. The summed E-state index contributed by atoms with van der Waals surface area (Å²) in [7, 11) is 0. The van der Waals surface area contributed by atoms with Crippen LogP contribution < -0.4 is 11.1 Å². The van der Waals surface area contributed by atoms with Crippen LogP contribution in [0.5, 0.6) is 0 Å². The van der Waals surface area contributed by atoms with E-state index in [0.717, 1.165) is 0 Å². The Bertz CT molecular complexity index is 603. The number of aromatic nitrogens is 2. The van der Waals surface area contributed by atoms with Gasteiger partial charge in [-0.25, -0.2) is 9.97 Å². The quantitative estimate of drug-likeness (QED) is 0.655. The number of nitrogens with two attached hydrogens (primary N) is 1. The lowest BCUT2D eigenvalue weighted by atomic mass is 10.2. The standard InChI is InChI=1S/C11H8Cl2N4O/c12-7-2-1-6(3-8(7)14)11(18)17-10-4-9(13)15-5-16-10/h1-5H,14H2,(H,15,16,17,18). The Morgan fingerprint density at radius 2 is 2.00 bits per heavy atom. The number of rotatable bonds is 2. The molecule has 0 aliphatic heterocycles. The second-order valence-corrected chi connectivity index (χ2v) is 4.21. The average Bonchev–Trinajstić information content (AvgIpc) is 2.32. The minimum atomic E-state index is -0.354. The van der Waals surface area contributed by atoms with Gasteiger partial charge in [0, 0.05) is 11.6 Å². The van der Waals surface area contributed by atoms with Gasteiger partial charge < -0.3 is 11.1 Å². The van der Waals surface area contributed by atoms with E-state index in [-0.39, 0.29) is 11.1 Å². The molecule has 2 rings (SSSR count). The van der Waals surface area contributed by atoms with Crippen molar-refractivity contribution in [3.63, 3.8) is 0 Å². The van der Waals surface area contributed by atoms with Gasteiger partial charge in [-0.2, -0.15) is 0 Å².